The third kappa shape index (κ3) is 2.29. The molecule has 1 N–H and O–H groups in total. The van der Waals surface area contributed by atoms with Crippen LogP contribution in [0.3, 0.4) is 0 Å². The molecule has 0 spiro atoms. The van der Waals surface area contributed by atoms with E-state index in [1.807, 2.05) is 13.8 Å². The third-order valence-corrected chi connectivity index (χ3v) is 3.17. The molecule has 2 rings (SSSR count). The van der Waals surface area contributed by atoms with Crippen LogP contribution in [0.5, 0.6) is 0 Å². The van der Waals surface area contributed by atoms with Crippen molar-refractivity contribution >= 4 is 5.97 Å². The summed E-state index contributed by atoms with van der Waals surface area (Å²) in [6.45, 7) is 5.48. The van der Waals surface area contributed by atoms with Gasteiger partial charge in [-0.2, -0.15) is 0 Å². The zero-order valence-electron chi connectivity index (χ0n) is 11.3. The highest BCUT2D eigenvalue weighted by molar-refractivity contribution is 5.86. The first-order valence-corrected chi connectivity index (χ1v) is 5.88. The van der Waals surface area contributed by atoms with Crippen LogP contribution in [0.1, 0.15) is 45.1 Å². The Morgan fingerprint density at radius 3 is 2.42 bits per heavy atom. The van der Waals surface area contributed by atoms with E-state index in [-0.39, 0.29) is 11.5 Å². The largest absolute Gasteiger partial charge is 0.466 e. The zero-order chi connectivity index (χ0) is 14.2. The standard InChI is InChI=1S/C14H16O5/c1-7-8(2)18-9(3)12(7)13(15)10-5-6-11(19-10)14(16)17-4/h5-6,13,15H,1-4H3. The second kappa shape index (κ2) is 4.93. The number of aliphatic hydroxyl groups is 1. The molecule has 2 aromatic heterocycles. The van der Waals surface area contributed by atoms with Crippen LogP contribution in [0.25, 0.3) is 0 Å². The van der Waals surface area contributed by atoms with Gasteiger partial charge in [-0.1, -0.05) is 0 Å². The Bertz CT molecular complexity index is 605. The van der Waals surface area contributed by atoms with Crippen LogP contribution in [-0.2, 0) is 4.74 Å². The van der Waals surface area contributed by atoms with Gasteiger partial charge in [-0.15, -0.1) is 0 Å². The fraction of sp³-hybridized carbons (Fsp3) is 0.357. The van der Waals surface area contributed by atoms with Gasteiger partial charge < -0.3 is 18.7 Å². The van der Waals surface area contributed by atoms with Gasteiger partial charge in [0.15, 0.2) is 0 Å². The van der Waals surface area contributed by atoms with Gasteiger partial charge in [0.2, 0.25) is 5.76 Å². The summed E-state index contributed by atoms with van der Waals surface area (Å²) in [6, 6.07) is 3.03. The highest BCUT2D eigenvalue weighted by Gasteiger charge is 2.24. The van der Waals surface area contributed by atoms with Gasteiger partial charge in [0.1, 0.15) is 23.4 Å². The molecule has 102 valence electrons. The topological polar surface area (TPSA) is 72.8 Å². The molecule has 0 aliphatic heterocycles. The molecule has 0 saturated carbocycles. The number of hydrogen-bond acceptors (Lipinski definition) is 5. The van der Waals surface area contributed by atoms with E-state index in [1.165, 1.54) is 13.2 Å². The van der Waals surface area contributed by atoms with Gasteiger partial charge in [0.05, 0.1) is 7.11 Å². The number of rotatable bonds is 3. The van der Waals surface area contributed by atoms with Crippen LogP contribution in [0.15, 0.2) is 21.0 Å². The van der Waals surface area contributed by atoms with Crippen molar-refractivity contribution in [1.29, 1.82) is 0 Å². The maximum atomic E-state index is 11.3. The van der Waals surface area contributed by atoms with Crippen LogP contribution in [0, 0.1) is 20.8 Å². The van der Waals surface area contributed by atoms with Gasteiger partial charge in [-0.3, -0.25) is 0 Å². The maximum absolute atomic E-state index is 11.3. The fourth-order valence-electron chi connectivity index (χ4n) is 2.06. The van der Waals surface area contributed by atoms with Crippen molar-refractivity contribution in [2.45, 2.75) is 26.9 Å². The Labute approximate surface area is 110 Å². The molecule has 0 saturated heterocycles. The van der Waals surface area contributed by atoms with Crippen LogP contribution < -0.4 is 0 Å². The first kappa shape index (κ1) is 13.4. The number of aliphatic hydroxyl groups excluding tert-OH is 1. The van der Waals surface area contributed by atoms with Crippen molar-refractivity contribution < 1.29 is 23.5 Å². The lowest BCUT2D eigenvalue weighted by molar-refractivity contribution is 0.0558. The van der Waals surface area contributed by atoms with Gasteiger partial charge in [0, 0.05) is 5.56 Å². The van der Waals surface area contributed by atoms with E-state index in [2.05, 4.69) is 4.74 Å². The number of ether oxygens (including phenoxy) is 1. The molecule has 0 aromatic carbocycles. The summed E-state index contributed by atoms with van der Waals surface area (Å²) in [7, 11) is 1.27. The lowest BCUT2D eigenvalue weighted by atomic mass is 10.0. The van der Waals surface area contributed by atoms with Crippen LogP contribution in [-0.4, -0.2) is 18.2 Å². The highest BCUT2D eigenvalue weighted by atomic mass is 16.5. The Hall–Kier alpha value is -2.01. The molecule has 0 fully saturated rings. The zero-order valence-corrected chi connectivity index (χ0v) is 11.3. The van der Waals surface area contributed by atoms with Gasteiger partial charge in [-0.25, -0.2) is 4.79 Å². The van der Waals surface area contributed by atoms with Crippen LogP contribution in [0.2, 0.25) is 0 Å². The summed E-state index contributed by atoms with van der Waals surface area (Å²) in [4.78, 5) is 11.3. The average molecular weight is 264 g/mol. The van der Waals surface area contributed by atoms with Gasteiger partial charge in [-0.05, 0) is 38.5 Å². The number of furan rings is 2. The van der Waals surface area contributed by atoms with Gasteiger partial charge in [0.25, 0.3) is 0 Å². The summed E-state index contributed by atoms with van der Waals surface area (Å²) < 4.78 is 15.3. The van der Waals surface area contributed by atoms with Crippen molar-refractivity contribution in [1.82, 2.24) is 0 Å². The highest BCUT2D eigenvalue weighted by Crippen LogP contribution is 2.32. The van der Waals surface area contributed by atoms with Crippen molar-refractivity contribution in [3.63, 3.8) is 0 Å². The van der Waals surface area contributed by atoms with E-state index in [0.717, 1.165) is 11.3 Å². The monoisotopic (exact) mass is 264 g/mol. The average Bonchev–Trinajstić information content (AvgIpc) is 2.95. The molecular formula is C14H16O5. The molecule has 1 atom stereocenters. The Balaban J connectivity index is 2.36. The summed E-state index contributed by atoms with van der Waals surface area (Å²) in [5.74, 6) is 1.17. The smallest absolute Gasteiger partial charge is 0.373 e. The predicted molar refractivity (Wildman–Crippen MR) is 67.0 cm³/mol. The van der Waals surface area contributed by atoms with E-state index >= 15 is 0 Å². The molecule has 0 aliphatic carbocycles. The first-order valence-electron chi connectivity index (χ1n) is 5.88. The molecule has 5 nitrogen and oxygen atoms in total. The van der Waals surface area contributed by atoms with Gasteiger partial charge >= 0.3 is 5.97 Å². The van der Waals surface area contributed by atoms with E-state index in [4.69, 9.17) is 8.83 Å². The fourth-order valence-corrected chi connectivity index (χ4v) is 2.06. The lowest BCUT2D eigenvalue weighted by Crippen LogP contribution is -2.02. The Kier molecular flexibility index (Phi) is 3.48. The lowest BCUT2D eigenvalue weighted by Gasteiger charge is -2.08. The van der Waals surface area contributed by atoms with E-state index in [9.17, 15) is 9.90 Å². The second-order valence-electron chi connectivity index (χ2n) is 4.35. The first-order chi connectivity index (χ1) is 8.95. The minimum atomic E-state index is -0.962. The number of hydrogen-bond donors (Lipinski definition) is 1. The molecule has 0 bridgehead atoms. The maximum Gasteiger partial charge on any atom is 0.373 e. The van der Waals surface area contributed by atoms with E-state index in [1.54, 1.807) is 13.0 Å². The Morgan fingerprint density at radius 1 is 1.21 bits per heavy atom. The quantitative estimate of drug-likeness (QED) is 0.863. The van der Waals surface area contributed by atoms with Crippen molar-refractivity contribution in [2.24, 2.45) is 0 Å². The number of methoxy groups -OCH3 is 1. The number of carbonyl (C=O) groups is 1. The molecule has 0 radical (unpaired) electrons. The minimum absolute atomic E-state index is 0.0621. The molecule has 2 heterocycles. The van der Waals surface area contributed by atoms with E-state index < -0.39 is 12.1 Å². The van der Waals surface area contributed by atoms with Crippen molar-refractivity contribution in [2.75, 3.05) is 7.11 Å². The van der Waals surface area contributed by atoms with Crippen LogP contribution in [0.4, 0.5) is 0 Å². The third-order valence-electron chi connectivity index (χ3n) is 3.17. The van der Waals surface area contributed by atoms with Crippen molar-refractivity contribution in [3.05, 3.63) is 46.3 Å². The minimum Gasteiger partial charge on any atom is -0.466 e. The molecule has 1 unspecified atom stereocenters. The second-order valence-corrected chi connectivity index (χ2v) is 4.35. The molecule has 2 aromatic rings. The predicted octanol–water partition coefficient (Wildman–Crippen LogP) is 2.67. The summed E-state index contributed by atoms with van der Waals surface area (Å²) in [5.41, 5.74) is 1.55. The molecule has 19 heavy (non-hydrogen) atoms. The van der Waals surface area contributed by atoms with E-state index in [0.29, 0.717) is 11.3 Å². The Morgan fingerprint density at radius 2 is 1.89 bits per heavy atom. The molecule has 0 amide bonds. The summed E-state index contributed by atoms with van der Waals surface area (Å²) >= 11 is 0. The number of carbonyl (C=O) groups excluding carboxylic acids is 1. The normalized spacial score (nSPS) is 12.5. The molecular weight excluding hydrogens is 248 g/mol. The number of esters is 1. The van der Waals surface area contributed by atoms with Crippen LogP contribution >= 0.6 is 0 Å². The van der Waals surface area contributed by atoms with Crippen molar-refractivity contribution in [3.8, 4) is 0 Å². The molecule has 0 aliphatic rings. The number of aryl methyl sites for hydroxylation is 2. The molecule has 5 heteroatoms. The SMILES string of the molecule is COC(=O)c1ccc(C(O)c2c(C)oc(C)c2C)o1. The summed E-state index contributed by atoms with van der Waals surface area (Å²) in [5, 5.41) is 10.3. The summed E-state index contributed by atoms with van der Waals surface area (Å²) in [6.07, 6.45) is -0.962.